The molecule has 2 aromatic rings. The number of anilines is 2. The first-order valence-corrected chi connectivity index (χ1v) is 8.15. The molecular formula is C20H22N2O. The number of nitrogens with zero attached hydrogens (tertiary/aromatic N) is 1. The maximum Gasteiger partial charge on any atom is 0.185 e. The molecule has 1 fully saturated rings. The second kappa shape index (κ2) is 7.14. The molecule has 0 aliphatic carbocycles. The predicted octanol–water partition coefficient (Wildman–Crippen LogP) is 4.16. The Hall–Kier alpha value is -2.55. The van der Waals surface area contributed by atoms with Crippen LogP contribution in [-0.4, -0.2) is 18.9 Å². The molecule has 2 aromatic carbocycles. The number of carbonyl (C=O) groups is 1. The molecule has 3 heteroatoms. The van der Waals surface area contributed by atoms with E-state index in [0.717, 1.165) is 18.7 Å². The second-order valence-electron chi connectivity index (χ2n) is 5.96. The number of benzene rings is 2. The lowest BCUT2D eigenvalue weighted by atomic mass is 10.1. The number of rotatable bonds is 4. The normalized spacial score (nSPS) is 15.0. The highest BCUT2D eigenvalue weighted by Gasteiger charge is 2.10. The van der Waals surface area contributed by atoms with Crippen LogP contribution < -0.4 is 10.6 Å². The number of hydrogen-bond donors (Lipinski definition) is 1. The number of nitrogen functional groups attached to an aromatic ring is 1. The molecule has 3 nitrogen and oxygen atoms in total. The van der Waals surface area contributed by atoms with Crippen molar-refractivity contribution in [2.45, 2.75) is 19.3 Å². The van der Waals surface area contributed by atoms with E-state index >= 15 is 0 Å². The summed E-state index contributed by atoms with van der Waals surface area (Å²) in [6, 6.07) is 15.4. The largest absolute Gasteiger partial charge is 0.399 e. The first kappa shape index (κ1) is 15.3. The van der Waals surface area contributed by atoms with Crippen LogP contribution in [0.5, 0.6) is 0 Å². The standard InChI is InChI=1S/C20H22N2O/c21-18-6-4-5-17(15-18)20(23)12-9-16-7-10-19(11-8-16)22-13-2-1-3-14-22/h4-12,15H,1-3,13-14,21H2/b12-9+. The van der Waals surface area contributed by atoms with Crippen LogP contribution >= 0.6 is 0 Å². The highest BCUT2D eigenvalue weighted by molar-refractivity contribution is 6.07. The lowest BCUT2D eigenvalue weighted by Gasteiger charge is -2.28. The molecule has 0 aromatic heterocycles. The lowest BCUT2D eigenvalue weighted by molar-refractivity contribution is 0.104. The van der Waals surface area contributed by atoms with Gasteiger partial charge in [-0.2, -0.15) is 0 Å². The van der Waals surface area contributed by atoms with Gasteiger partial charge in [-0.3, -0.25) is 4.79 Å². The quantitative estimate of drug-likeness (QED) is 0.524. The van der Waals surface area contributed by atoms with E-state index in [1.165, 1.54) is 24.9 Å². The average Bonchev–Trinajstić information content (AvgIpc) is 2.61. The van der Waals surface area contributed by atoms with Crippen molar-refractivity contribution in [3.05, 3.63) is 65.7 Å². The summed E-state index contributed by atoms with van der Waals surface area (Å²) in [4.78, 5) is 14.6. The van der Waals surface area contributed by atoms with Crippen molar-refractivity contribution in [3.8, 4) is 0 Å². The zero-order valence-electron chi connectivity index (χ0n) is 13.2. The third kappa shape index (κ3) is 4.01. The molecule has 0 spiro atoms. The van der Waals surface area contributed by atoms with Crippen molar-refractivity contribution in [1.82, 2.24) is 0 Å². The molecule has 3 rings (SSSR count). The Labute approximate surface area is 137 Å². The van der Waals surface area contributed by atoms with Gasteiger partial charge in [0, 0.05) is 30.0 Å². The fourth-order valence-corrected chi connectivity index (χ4v) is 2.91. The van der Waals surface area contributed by atoms with Crippen molar-refractivity contribution in [3.63, 3.8) is 0 Å². The van der Waals surface area contributed by atoms with Crippen LogP contribution in [0.15, 0.2) is 54.6 Å². The molecule has 0 radical (unpaired) electrons. The Balaban J connectivity index is 1.66. The molecule has 23 heavy (non-hydrogen) atoms. The van der Waals surface area contributed by atoms with Crippen LogP contribution in [0.2, 0.25) is 0 Å². The molecule has 1 aliphatic rings. The molecule has 0 atom stereocenters. The average molecular weight is 306 g/mol. The monoisotopic (exact) mass is 306 g/mol. The van der Waals surface area contributed by atoms with Gasteiger partial charge in [0.15, 0.2) is 5.78 Å². The van der Waals surface area contributed by atoms with E-state index in [1.54, 1.807) is 30.3 Å². The maximum atomic E-state index is 12.1. The van der Waals surface area contributed by atoms with Gasteiger partial charge < -0.3 is 10.6 Å². The van der Waals surface area contributed by atoms with Crippen molar-refractivity contribution < 1.29 is 4.79 Å². The van der Waals surface area contributed by atoms with E-state index in [1.807, 2.05) is 6.08 Å². The molecule has 0 amide bonds. The van der Waals surface area contributed by atoms with Gasteiger partial charge in [-0.05, 0) is 55.2 Å². The summed E-state index contributed by atoms with van der Waals surface area (Å²) in [5, 5.41) is 0. The van der Waals surface area contributed by atoms with E-state index in [4.69, 9.17) is 5.73 Å². The highest BCUT2D eigenvalue weighted by atomic mass is 16.1. The van der Waals surface area contributed by atoms with Crippen LogP contribution in [0.1, 0.15) is 35.2 Å². The summed E-state index contributed by atoms with van der Waals surface area (Å²) in [7, 11) is 0. The smallest absolute Gasteiger partial charge is 0.185 e. The number of allylic oxidation sites excluding steroid dienone is 1. The lowest BCUT2D eigenvalue weighted by Crippen LogP contribution is -2.29. The molecule has 1 saturated heterocycles. The minimum absolute atomic E-state index is 0.0302. The molecule has 0 unspecified atom stereocenters. The molecule has 2 N–H and O–H groups in total. The minimum Gasteiger partial charge on any atom is -0.399 e. The SMILES string of the molecule is Nc1cccc(C(=O)/C=C/c2ccc(N3CCCCC3)cc2)c1. The Kier molecular flexibility index (Phi) is 4.77. The fraction of sp³-hybridized carbons (Fsp3) is 0.250. The van der Waals surface area contributed by atoms with Gasteiger partial charge in [0.2, 0.25) is 0 Å². The summed E-state index contributed by atoms with van der Waals surface area (Å²) in [5.41, 5.74) is 9.23. The van der Waals surface area contributed by atoms with E-state index in [-0.39, 0.29) is 5.78 Å². The van der Waals surface area contributed by atoms with Gasteiger partial charge in [0.05, 0.1) is 0 Å². The Morgan fingerprint density at radius 1 is 1.00 bits per heavy atom. The van der Waals surface area contributed by atoms with E-state index in [0.29, 0.717) is 11.3 Å². The zero-order valence-corrected chi connectivity index (χ0v) is 13.2. The second-order valence-corrected chi connectivity index (χ2v) is 5.96. The highest BCUT2D eigenvalue weighted by Crippen LogP contribution is 2.20. The van der Waals surface area contributed by atoms with Crippen LogP contribution in [0, 0.1) is 0 Å². The Bertz CT molecular complexity index is 698. The number of hydrogen-bond acceptors (Lipinski definition) is 3. The van der Waals surface area contributed by atoms with E-state index < -0.39 is 0 Å². The van der Waals surface area contributed by atoms with Crippen LogP contribution in [0.4, 0.5) is 11.4 Å². The van der Waals surface area contributed by atoms with Gasteiger partial charge in [-0.15, -0.1) is 0 Å². The fourth-order valence-electron chi connectivity index (χ4n) is 2.91. The van der Waals surface area contributed by atoms with Gasteiger partial charge in [-0.25, -0.2) is 0 Å². The van der Waals surface area contributed by atoms with Crippen LogP contribution in [0.25, 0.3) is 6.08 Å². The summed E-state index contributed by atoms with van der Waals surface area (Å²) < 4.78 is 0. The van der Waals surface area contributed by atoms with Crippen molar-refractivity contribution in [1.29, 1.82) is 0 Å². The molecule has 1 heterocycles. The number of nitrogens with two attached hydrogens (primary N) is 1. The molecule has 118 valence electrons. The van der Waals surface area contributed by atoms with Crippen molar-refractivity contribution >= 4 is 23.2 Å². The van der Waals surface area contributed by atoms with Crippen molar-refractivity contribution in [2.24, 2.45) is 0 Å². The van der Waals surface area contributed by atoms with Gasteiger partial charge in [0.25, 0.3) is 0 Å². The molecule has 1 aliphatic heterocycles. The summed E-state index contributed by atoms with van der Waals surface area (Å²) in [5.74, 6) is -0.0302. The van der Waals surface area contributed by atoms with E-state index in [2.05, 4.69) is 29.2 Å². The van der Waals surface area contributed by atoms with Crippen LogP contribution in [0.3, 0.4) is 0 Å². The third-order valence-corrected chi connectivity index (χ3v) is 4.21. The first-order chi connectivity index (χ1) is 11.2. The molecular weight excluding hydrogens is 284 g/mol. The zero-order chi connectivity index (χ0) is 16.1. The third-order valence-electron chi connectivity index (χ3n) is 4.21. The maximum absolute atomic E-state index is 12.1. The van der Waals surface area contributed by atoms with E-state index in [9.17, 15) is 4.79 Å². The van der Waals surface area contributed by atoms with Crippen LogP contribution in [-0.2, 0) is 0 Å². The van der Waals surface area contributed by atoms with Gasteiger partial charge >= 0.3 is 0 Å². The molecule has 0 bridgehead atoms. The first-order valence-electron chi connectivity index (χ1n) is 8.15. The number of piperidine rings is 1. The number of carbonyl (C=O) groups excluding carboxylic acids is 1. The topological polar surface area (TPSA) is 46.3 Å². The van der Waals surface area contributed by atoms with Gasteiger partial charge in [0.1, 0.15) is 0 Å². The summed E-state index contributed by atoms with van der Waals surface area (Å²) >= 11 is 0. The van der Waals surface area contributed by atoms with Crippen molar-refractivity contribution in [2.75, 3.05) is 23.7 Å². The molecule has 0 saturated carbocycles. The Morgan fingerprint density at radius 2 is 1.74 bits per heavy atom. The predicted molar refractivity (Wildman–Crippen MR) is 96.7 cm³/mol. The number of ketones is 1. The summed E-state index contributed by atoms with van der Waals surface area (Å²) in [6.07, 6.45) is 7.34. The Morgan fingerprint density at radius 3 is 2.43 bits per heavy atom. The van der Waals surface area contributed by atoms with Gasteiger partial charge in [-0.1, -0.05) is 30.3 Å². The summed E-state index contributed by atoms with van der Waals surface area (Å²) in [6.45, 7) is 2.28. The minimum atomic E-state index is -0.0302.